The van der Waals surface area contributed by atoms with Gasteiger partial charge in [0.05, 0.1) is 53.9 Å². The average Bonchev–Trinajstić information content (AvgIpc) is 3.05. The molecule has 0 spiro atoms. The minimum Gasteiger partial charge on any atom is -0.475 e. The lowest BCUT2D eigenvalue weighted by molar-refractivity contribution is 0.0560. The van der Waals surface area contributed by atoms with E-state index < -0.39 is 16.1 Å². The third-order valence-corrected chi connectivity index (χ3v) is 10.4. The number of fused-ring (bicyclic) bond motifs is 4. The Balaban J connectivity index is 1.43. The Morgan fingerprint density at radius 1 is 1.02 bits per heavy atom. The van der Waals surface area contributed by atoms with Crippen LogP contribution < -0.4 is 14.4 Å². The van der Waals surface area contributed by atoms with Crippen molar-refractivity contribution in [3.63, 3.8) is 0 Å². The second-order valence-electron chi connectivity index (χ2n) is 13.1. The molecule has 1 amide bonds. The third kappa shape index (κ3) is 7.67. The van der Waals surface area contributed by atoms with Gasteiger partial charge in [0.1, 0.15) is 12.4 Å². The summed E-state index contributed by atoms with van der Waals surface area (Å²) in [7, 11) is -2.49. The van der Waals surface area contributed by atoms with Gasteiger partial charge in [-0.15, -0.1) is 0 Å². The van der Waals surface area contributed by atoms with Gasteiger partial charge in [-0.05, 0) is 68.4 Å². The van der Waals surface area contributed by atoms with E-state index in [9.17, 15) is 13.2 Å². The number of amides is 1. The number of aromatic nitrogens is 4. The second kappa shape index (κ2) is 14.5. The summed E-state index contributed by atoms with van der Waals surface area (Å²) in [5.74, 6) is 0.836. The van der Waals surface area contributed by atoms with Gasteiger partial charge in [0.2, 0.25) is 11.8 Å². The highest BCUT2D eigenvalue weighted by atomic mass is 32.2. The lowest BCUT2D eigenvalue weighted by Crippen LogP contribution is -2.51. The van der Waals surface area contributed by atoms with Crippen LogP contribution in [-0.2, 0) is 21.3 Å². The monoisotopic (exact) mass is 685 g/mol. The Morgan fingerprint density at radius 2 is 1.80 bits per heavy atom. The minimum atomic E-state index is -4.17. The molecule has 2 atom stereocenters. The van der Waals surface area contributed by atoms with Crippen molar-refractivity contribution in [3.05, 3.63) is 83.3 Å². The summed E-state index contributed by atoms with van der Waals surface area (Å²) >= 11 is 0. The fourth-order valence-electron chi connectivity index (χ4n) is 6.33. The lowest BCUT2D eigenvalue weighted by atomic mass is 10.00. The number of sulfonamides is 1. The summed E-state index contributed by atoms with van der Waals surface area (Å²) in [5.41, 5.74) is 4.19. The predicted molar refractivity (Wildman–Crippen MR) is 187 cm³/mol. The van der Waals surface area contributed by atoms with Crippen LogP contribution in [0.5, 0.6) is 5.88 Å². The van der Waals surface area contributed by atoms with Crippen molar-refractivity contribution in [2.24, 2.45) is 5.92 Å². The number of carbonyl (C=O) groups is 1. The molecule has 2 aromatic heterocycles. The molecule has 1 fully saturated rings. The van der Waals surface area contributed by atoms with Crippen LogP contribution in [0.4, 0.5) is 11.8 Å². The minimum absolute atomic E-state index is 0.0800. The van der Waals surface area contributed by atoms with Gasteiger partial charge >= 0.3 is 0 Å². The van der Waals surface area contributed by atoms with E-state index in [1.54, 1.807) is 42.6 Å². The number of benzene rings is 2. The van der Waals surface area contributed by atoms with E-state index in [-0.39, 0.29) is 47.4 Å². The molecule has 1 saturated heterocycles. The quantitative estimate of drug-likeness (QED) is 0.243. The van der Waals surface area contributed by atoms with E-state index in [2.05, 4.69) is 38.4 Å². The van der Waals surface area contributed by atoms with Crippen molar-refractivity contribution in [2.45, 2.75) is 70.5 Å². The molecule has 4 bridgehead atoms. The van der Waals surface area contributed by atoms with Crippen molar-refractivity contribution in [1.29, 1.82) is 0 Å². The molecule has 2 aliphatic heterocycles. The molecular weight excluding hydrogens is 643 g/mol. The highest BCUT2D eigenvalue weighted by molar-refractivity contribution is 7.92. The smallest absolute Gasteiger partial charge is 0.264 e. The number of methoxy groups -OCH3 is 1. The summed E-state index contributed by atoms with van der Waals surface area (Å²) in [5, 5.41) is 0. The summed E-state index contributed by atoms with van der Waals surface area (Å²) in [6.45, 7) is 9.93. The van der Waals surface area contributed by atoms with Gasteiger partial charge < -0.3 is 19.3 Å². The number of ether oxygens (including phenoxy) is 2. The van der Waals surface area contributed by atoms with Crippen molar-refractivity contribution < 1.29 is 22.7 Å². The van der Waals surface area contributed by atoms with Gasteiger partial charge in [-0.2, -0.15) is 4.98 Å². The van der Waals surface area contributed by atoms with E-state index in [4.69, 9.17) is 14.5 Å². The van der Waals surface area contributed by atoms with Crippen LogP contribution in [-0.4, -0.2) is 78.1 Å². The number of hydrogen-bond acceptors (Lipinski definition) is 10. The Hall–Kier alpha value is -4.62. The van der Waals surface area contributed by atoms with Crippen LogP contribution in [0.1, 0.15) is 60.3 Å². The molecule has 4 heterocycles. The maximum Gasteiger partial charge on any atom is 0.264 e. The van der Waals surface area contributed by atoms with Crippen molar-refractivity contribution in [2.75, 3.05) is 36.5 Å². The topological polar surface area (TPSA) is 140 Å². The van der Waals surface area contributed by atoms with E-state index in [0.717, 1.165) is 41.9 Å². The molecule has 12 nitrogen and oxygen atoms in total. The second-order valence-corrected chi connectivity index (χ2v) is 14.8. The number of anilines is 2. The van der Waals surface area contributed by atoms with E-state index >= 15 is 0 Å². The van der Waals surface area contributed by atoms with Gasteiger partial charge in [-0.25, -0.2) is 23.1 Å². The van der Waals surface area contributed by atoms with Gasteiger partial charge in [0.15, 0.2) is 0 Å². The first kappa shape index (κ1) is 34.3. The number of rotatable bonds is 9. The number of nitrogens with zero attached hydrogens (tertiary/aromatic N) is 6. The fraction of sp³-hybridized carbons (Fsp3) is 0.417. The Morgan fingerprint density at radius 3 is 2.51 bits per heavy atom. The Kier molecular flexibility index (Phi) is 10.1. The fourth-order valence-corrected chi connectivity index (χ4v) is 7.32. The number of nitrogens with one attached hydrogen (secondary N) is 1. The third-order valence-electron chi connectivity index (χ3n) is 9.06. The zero-order valence-corrected chi connectivity index (χ0v) is 29.4. The van der Waals surface area contributed by atoms with E-state index in [1.807, 2.05) is 32.0 Å². The molecule has 4 aromatic rings. The molecule has 2 aliphatic rings. The normalized spacial score (nSPS) is 18.9. The van der Waals surface area contributed by atoms with Crippen LogP contribution in [0.25, 0.3) is 11.3 Å². The molecule has 0 unspecified atom stereocenters. The molecule has 6 rings (SSSR count). The Labute approximate surface area is 288 Å². The summed E-state index contributed by atoms with van der Waals surface area (Å²) < 4.78 is 41.7. The number of carbonyl (C=O) groups excluding carboxylic acids is 1. The summed E-state index contributed by atoms with van der Waals surface area (Å²) in [6, 6.07) is 13.5. The van der Waals surface area contributed by atoms with Crippen molar-refractivity contribution in [1.82, 2.24) is 24.8 Å². The first-order valence-electron chi connectivity index (χ1n) is 16.6. The molecule has 13 heteroatoms. The molecule has 0 saturated carbocycles. The van der Waals surface area contributed by atoms with Crippen LogP contribution >= 0.6 is 0 Å². The maximum atomic E-state index is 14.5. The van der Waals surface area contributed by atoms with Crippen molar-refractivity contribution >= 4 is 27.7 Å². The molecule has 0 radical (unpaired) electrons. The van der Waals surface area contributed by atoms with Gasteiger partial charge in [0.25, 0.3) is 15.9 Å². The van der Waals surface area contributed by atoms with Gasteiger partial charge in [-0.3, -0.25) is 9.78 Å². The molecule has 49 heavy (non-hydrogen) atoms. The largest absolute Gasteiger partial charge is 0.475 e. The first-order valence-corrected chi connectivity index (χ1v) is 18.1. The lowest BCUT2D eigenvalue weighted by Gasteiger charge is -2.41. The van der Waals surface area contributed by atoms with Crippen molar-refractivity contribution in [3.8, 4) is 17.1 Å². The van der Waals surface area contributed by atoms with Gasteiger partial charge in [0, 0.05) is 30.8 Å². The van der Waals surface area contributed by atoms with E-state index in [1.165, 1.54) is 12.1 Å². The standard InChI is InChI=1S/C36H43N7O5S/c1-23(2)12-13-28-22-48-33-17-31(34-24(3)8-6-9-25(34)4)39-36(40-33)41-49(45,46)30-11-7-10-26(16-30)35(44)43(28)20-27-18-37-19-32(38-27)42-15-14-29(42)21-47-5/h6-11,16-19,23,28-29H,12-15,20-22H2,1-5H3,(H,39,40,41)/t28-,29+/m1/s1. The van der Waals surface area contributed by atoms with E-state index in [0.29, 0.717) is 30.3 Å². The van der Waals surface area contributed by atoms with Crippen LogP contribution in [0.3, 0.4) is 0 Å². The average molecular weight is 686 g/mol. The zero-order chi connectivity index (χ0) is 34.7. The highest BCUT2D eigenvalue weighted by Gasteiger charge is 2.32. The summed E-state index contributed by atoms with van der Waals surface area (Å²) in [4.78, 5) is 36.7. The molecule has 258 valence electrons. The van der Waals surface area contributed by atoms with Crippen LogP contribution in [0.15, 0.2) is 65.8 Å². The first-order chi connectivity index (χ1) is 23.5. The maximum absolute atomic E-state index is 14.5. The van der Waals surface area contributed by atoms with Gasteiger partial charge in [-0.1, -0.05) is 38.1 Å². The highest BCUT2D eigenvalue weighted by Crippen LogP contribution is 2.31. The molecule has 2 aromatic carbocycles. The predicted octanol–water partition coefficient (Wildman–Crippen LogP) is 5.42. The number of aryl methyl sites for hydroxylation is 2. The van der Waals surface area contributed by atoms with Crippen LogP contribution in [0, 0.1) is 19.8 Å². The zero-order valence-electron chi connectivity index (χ0n) is 28.6. The number of hydrogen-bond donors (Lipinski definition) is 1. The molecule has 0 aliphatic carbocycles. The summed E-state index contributed by atoms with van der Waals surface area (Å²) in [6.07, 6.45) is 5.87. The van der Waals surface area contributed by atoms with Crippen LogP contribution in [0.2, 0.25) is 0 Å². The molecular formula is C36H43N7O5S. The Bertz CT molecular complexity index is 1920. The SMILES string of the molecule is COC[C@@H]1CCN1c1cncc(CN2C(=O)c3cccc(c3)S(=O)(=O)Nc3nc(cc(-c4c(C)cccc4C)n3)OC[C@H]2CCC(C)C)n1. The molecule has 1 N–H and O–H groups in total.